The highest BCUT2D eigenvalue weighted by Crippen LogP contribution is 2.34. The number of carbonyl (C=O) groups is 2. The second-order valence-electron chi connectivity index (χ2n) is 8.73. The molecule has 0 N–H and O–H groups in total. The summed E-state index contributed by atoms with van der Waals surface area (Å²) in [6.07, 6.45) is 0. The number of hydrogen-bond acceptors (Lipinski definition) is 4. The van der Waals surface area contributed by atoms with E-state index < -0.39 is 6.04 Å². The van der Waals surface area contributed by atoms with Crippen LogP contribution < -0.4 is 14.4 Å². The first-order chi connectivity index (χ1) is 16.4. The third-order valence-corrected chi connectivity index (χ3v) is 6.19. The average molecular weight is 459 g/mol. The van der Waals surface area contributed by atoms with Crippen LogP contribution in [0.15, 0.2) is 72.8 Å². The van der Waals surface area contributed by atoms with Crippen LogP contribution in [-0.4, -0.2) is 37.0 Å². The molecule has 2 amide bonds. The van der Waals surface area contributed by atoms with Gasteiger partial charge in [0.05, 0.1) is 32.0 Å². The van der Waals surface area contributed by atoms with Crippen molar-refractivity contribution in [2.75, 3.05) is 19.1 Å². The number of nitrogens with zero attached hydrogens (tertiary/aromatic N) is 2. The molecule has 0 spiro atoms. The maximum atomic E-state index is 14.1. The number of benzene rings is 3. The van der Waals surface area contributed by atoms with E-state index in [0.717, 1.165) is 11.1 Å². The van der Waals surface area contributed by atoms with Gasteiger partial charge in [-0.2, -0.15) is 0 Å². The Bertz CT molecular complexity index is 1180. The Morgan fingerprint density at radius 2 is 1.56 bits per heavy atom. The van der Waals surface area contributed by atoms with Crippen molar-refractivity contribution in [2.45, 2.75) is 33.0 Å². The summed E-state index contributed by atoms with van der Waals surface area (Å²) in [5.74, 6) is 0.974. The Morgan fingerprint density at radius 3 is 2.24 bits per heavy atom. The lowest BCUT2D eigenvalue weighted by Crippen LogP contribution is -2.50. The summed E-state index contributed by atoms with van der Waals surface area (Å²) in [5.41, 5.74) is 2.94. The highest BCUT2D eigenvalue weighted by atomic mass is 16.5. The summed E-state index contributed by atoms with van der Waals surface area (Å²) in [6, 6.07) is 22.1. The largest absolute Gasteiger partial charge is 0.497 e. The van der Waals surface area contributed by atoms with Gasteiger partial charge in [-0.3, -0.25) is 9.59 Å². The van der Waals surface area contributed by atoms with Gasteiger partial charge in [-0.25, -0.2) is 0 Å². The molecule has 1 aliphatic heterocycles. The van der Waals surface area contributed by atoms with Crippen molar-refractivity contribution in [3.8, 4) is 11.5 Å². The molecule has 34 heavy (non-hydrogen) atoms. The monoisotopic (exact) mass is 458 g/mol. The SMILES string of the molecule is COc1ccc(CN2C(=O)C(C(C)C)N(Cc3ccccc3)C(=O)c3ccccc32)c(OC)c1. The van der Waals surface area contributed by atoms with Crippen LogP contribution in [0.4, 0.5) is 5.69 Å². The zero-order chi connectivity index (χ0) is 24.2. The summed E-state index contributed by atoms with van der Waals surface area (Å²) in [6.45, 7) is 4.60. The lowest BCUT2D eigenvalue weighted by molar-refractivity contribution is -0.124. The lowest BCUT2D eigenvalue weighted by atomic mass is 9.99. The Balaban J connectivity index is 1.80. The summed E-state index contributed by atoms with van der Waals surface area (Å²) < 4.78 is 10.9. The molecule has 0 saturated carbocycles. The molecule has 0 saturated heterocycles. The minimum Gasteiger partial charge on any atom is -0.497 e. The van der Waals surface area contributed by atoms with E-state index in [4.69, 9.17) is 9.47 Å². The van der Waals surface area contributed by atoms with Crippen LogP contribution in [0.1, 0.15) is 35.3 Å². The number of hydrogen-bond donors (Lipinski definition) is 0. The van der Waals surface area contributed by atoms with Crippen molar-refractivity contribution < 1.29 is 19.1 Å². The van der Waals surface area contributed by atoms with E-state index in [9.17, 15) is 9.59 Å². The average Bonchev–Trinajstić information content (AvgIpc) is 2.94. The van der Waals surface area contributed by atoms with Gasteiger partial charge in [0.15, 0.2) is 0 Å². The zero-order valence-corrected chi connectivity index (χ0v) is 20.0. The molecule has 0 fully saturated rings. The fraction of sp³-hybridized carbons (Fsp3) is 0.286. The number of rotatable bonds is 7. The molecule has 3 aromatic carbocycles. The van der Waals surface area contributed by atoms with Crippen LogP contribution in [0, 0.1) is 5.92 Å². The number of anilines is 1. The molecule has 176 valence electrons. The molecule has 6 nitrogen and oxygen atoms in total. The number of methoxy groups -OCH3 is 2. The van der Waals surface area contributed by atoms with Gasteiger partial charge in [-0.05, 0) is 35.7 Å². The van der Waals surface area contributed by atoms with Gasteiger partial charge in [0.25, 0.3) is 5.91 Å². The normalized spacial score (nSPS) is 15.9. The summed E-state index contributed by atoms with van der Waals surface area (Å²) in [4.78, 5) is 31.3. The molecule has 1 unspecified atom stereocenters. The molecular formula is C28H30N2O4. The first-order valence-electron chi connectivity index (χ1n) is 11.4. The molecule has 1 atom stereocenters. The van der Waals surface area contributed by atoms with E-state index >= 15 is 0 Å². The maximum absolute atomic E-state index is 14.1. The van der Waals surface area contributed by atoms with Gasteiger partial charge in [-0.15, -0.1) is 0 Å². The molecule has 0 aromatic heterocycles. The number of para-hydroxylation sites is 1. The van der Waals surface area contributed by atoms with Gasteiger partial charge in [-0.1, -0.05) is 56.3 Å². The predicted octanol–water partition coefficient (Wildman–Crippen LogP) is 4.92. The van der Waals surface area contributed by atoms with E-state index in [1.165, 1.54) is 0 Å². The van der Waals surface area contributed by atoms with E-state index in [1.54, 1.807) is 36.2 Å². The van der Waals surface area contributed by atoms with Crippen molar-refractivity contribution in [3.63, 3.8) is 0 Å². The van der Waals surface area contributed by atoms with Gasteiger partial charge in [0, 0.05) is 18.2 Å². The van der Waals surface area contributed by atoms with Gasteiger partial charge in [0.1, 0.15) is 17.5 Å². The van der Waals surface area contributed by atoms with Crippen LogP contribution in [0.3, 0.4) is 0 Å². The van der Waals surface area contributed by atoms with E-state index in [-0.39, 0.29) is 24.3 Å². The second-order valence-corrected chi connectivity index (χ2v) is 8.73. The molecule has 3 aromatic rings. The number of carbonyl (C=O) groups excluding carboxylic acids is 2. The Labute approximate surface area is 200 Å². The van der Waals surface area contributed by atoms with Crippen molar-refractivity contribution in [3.05, 3.63) is 89.5 Å². The highest BCUT2D eigenvalue weighted by Gasteiger charge is 2.41. The molecule has 0 bridgehead atoms. The fourth-order valence-corrected chi connectivity index (χ4v) is 4.49. The number of fused-ring (bicyclic) bond motifs is 1. The van der Waals surface area contributed by atoms with Crippen molar-refractivity contribution in [1.82, 2.24) is 4.90 Å². The molecule has 4 rings (SSSR count). The zero-order valence-electron chi connectivity index (χ0n) is 20.0. The van der Waals surface area contributed by atoms with Gasteiger partial charge in [0.2, 0.25) is 5.91 Å². The standard InChI is InChI=1S/C28H30N2O4/c1-19(2)26-28(32)29(18-21-14-15-22(33-3)16-25(21)34-4)24-13-9-8-12-23(24)27(31)30(26)17-20-10-6-5-7-11-20/h5-16,19,26H,17-18H2,1-4H3. The molecule has 1 heterocycles. The molecule has 1 aliphatic rings. The Morgan fingerprint density at radius 1 is 0.853 bits per heavy atom. The van der Waals surface area contributed by atoms with Crippen LogP contribution in [0.5, 0.6) is 11.5 Å². The predicted molar refractivity (Wildman–Crippen MR) is 132 cm³/mol. The third-order valence-electron chi connectivity index (χ3n) is 6.19. The number of ether oxygens (including phenoxy) is 2. The first-order valence-corrected chi connectivity index (χ1v) is 11.4. The number of amides is 2. The lowest BCUT2D eigenvalue weighted by Gasteiger charge is -2.34. The van der Waals surface area contributed by atoms with E-state index in [2.05, 4.69) is 0 Å². The maximum Gasteiger partial charge on any atom is 0.256 e. The molecule has 0 aliphatic carbocycles. The molecule has 0 radical (unpaired) electrons. The Hall–Kier alpha value is -3.80. The van der Waals surface area contributed by atoms with Crippen molar-refractivity contribution in [1.29, 1.82) is 0 Å². The van der Waals surface area contributed by atoms with E-state index in [0.29, 0.717) is 29.3 Å². The van der Waals surface area contributed by atoms with Gasteiger partial charge < -0.3 is 19.3 Å². The fourth-order valence-electron chi connectivity index (χ4n) is 4.49. The van der Waals surface area contributed by atoms with Crippen LogP contribution in [0.2, 0.25) is 0 Å². The minimum absolute atomic E-state index is 0.0743. The van der Waals surface area contributed by atoms with E-state index in [1.807, 2.05) is 74.5 Å². The molecule has 6 heteroatoms. The topological polar surface area (TPSA) is 59.1 Å². The Kier molecular flexibility index (Phi) is 6.87. The van der Waals surface area contributed by atoms with Crippen LogP contribution in [-0.2, 0) is 17.9 Å². The first kappa shape index (κ1) is 23.4. The molecular weight excluding hydrogens is 428 g/mol. The van der Waals surface area contributed by atoms with Crippen LogP contribution in [0.25, 0.3) is 0 Å². The highest BCUT2D eigenvalue weighted by molar-refractivity contribution is 6.11. The van der Waals surface area contributed by atoms with Crippen molar-refractivity contribution in [2.24, 2.45) is 5.92 Å². The summed E-state index contributed by atoms with van der Waals surface area (Å²) in [5, 5.41) is 0. The van der Waals surface area contributed by atoms with Crippen molar-refractivity contribution >= 4 is 17.5 Å². The van der Waals surface area contributed by atoms with Gasteiger partial charge >= 0.3 is 0 Å². The minimum atomic E-state index is -0.607. The second kappa shape index (κ2) is 10.00. The van der Waals surface area contributed by atoms with Crippen LogP contribution >= 0.6 is 0 Å². The third kappa shape index (κ3) is 4.49. The summed E-state index contributed by atoms with van der Waals surface area (Å²) in [7, 11) is 3.20. The smallest absolute Gasteiger partial charge is 0.256 e. The quantitative estimate of drug-likeness (QED) is 0.504. The summed E-state index contributed by atoms with van der Waals surface area (Å²) >= 11 is 0.